The van der Waals surface area contributed by atoms with Gasteiger partial charge in [0.05, 0.1) is 6.21 Å². The van der Waals surface area contributed by atoms with Gasteiger partial charge in [0.25, 0.3) is 5.91 Å². The summed E-state index contributed by atoms with van der Waals surface area (Å²) in [6, 6.07) is 20.0. The van der Waals surface area contributed by atoms with Crippen molar-refractivity contribution < 1.29 is 9.53 Å². The lowest BCUT2D eigenvalue weighted by Crippen LogP contribution is -2.25. The van der Waals surface area contributed by atoms with Crippen molar-refractivity contribution in [2.75, 3.05) is 6.61 Å². The summed E-state index contributed by atoms with van der Waals surface area (Å²) in [5.74, 6) is 0.454. The molecule has 3 aromatic rings. The van der Waals surface area contributed by atoms with Crippen molar-refractivity contribution in [2.45, 2.75) is 13.8 Å². The molecule has 0 bridgehead atoms. The normalized spacial score (nSPS) is 11.0. The van der Waals surface area contributed by atoms with Gasteiger partial charge in [0.1, 0.15) is 5.75 Å². The molecule has 4 nitrogen and oxygen atoms in total. The van der Waals surface area contributed by atoms with Gasteiger partial charge in [0.15, 0.2) is 6.61 Å². The van der Waals surface area contributed by atoms with Gasteiger partial charge in [0, 0.05) is 0 Å². The molecule has 25 heavy (non-hydrogen) atoms. The molecule has 0 aromatic heterocycles. The summed E-state index contributed by atoms with van der Waals surface area (Å²) in [6.07, 6.45) is 1.63. The highest BCUT2D eigenvalue weighted by Crippen LogP contribution is 2.22. The molecule has 0 saturated heterocycles. The van der Waals surface area contributed by atoms with Gasteiger partial charge in [-0.1, -0.05) is 54.6 Å². The van der Waals surface area contributed by atoms with Crippen LogP contribution in [0.1, 0.15) is 16.7 Å². The zero-order valence-electron chi connectivity index (χ0n) is 14.3. The highest BCUT2D eigenvalue weighted by atomic mass is 16.5. The lowest BCUT2D eigenvalue weighted by atomic mass is 10.1. The maximum absolute atomic E-state index is 11.9. The van der Waals surface area contributed by atoms with E-state index in [2.05, 4.69) is 16.6 Å². The molecule has 0 aliphatic carbocycles. The van der Waals surface area contributed by atoms with E-state index in [1.54, 1.807) is 6.21 Å². The van der Waals surface area contributed by atoms with Crippen LogP contribution in [0.3, 0.4) is 0 Å². The monoisotopic (exact) mass is 332 g/mol. The molecule has 0 saturated carbocycles. The van der Waals surface area contributed by atoms with Crippen molar-refractivity contribution in [1.29, 1.82) is 0 Å². The maximum atomic E-state index is 11.9. The van der Waals surface area contributed by atoms with Crippen LogP contribution in [0.4, 0.5) is 0 Å². The zero-order chi connectivity index (χ0) is 17.6. The van der Waals surface area contributed by atoms with E-state index in [9.17, 15) is 4.79 Å². The minimum Gasteiger partial charge on any atom is -0.483 e. The van der Waals surface area contributed by atoms with Gasteiger partial charge >= 0.3 is 0 Å². The Hall–Kier alpha value is -3.14. The van der Waals surface area contributed by atoms with Gasteiger partial charge in [0.2, 0.25) is 0 Å². The first-order valence-electron chi connectivity index (χ1n) is 8.13. The second kappa shape index (κ2) is 7.62. The van der Waals surface area contributed by atoms with Crippen LogP contribution in [0, 0.1) is 13.8 Å². The summed E-state index contributed by atoms with van der Waals surface area (Å²) in [7, 11) is 0. The highest BCUT2D eigenvalue weighted by molar-refractivity contribution is 5.90. The zero-order valence-corrected chi connectivity index (χ0v) is 14.3. The highest BCUT2D eigenvalue weighted by Gasteiger charge is 2.06. The van der Waals surface area contributed by atoms with Gasteiger partial charge in [-0.15, -0.1) is 0 Å². The van der Waals surface area contributed by atoms with Crippen LogP contribution < -0.4 is 10.2 Å². The van der Waals surface area contributed by atoms with E-state index in [4.69, 9.17) is 4.74 Å². The molecular weight excluding hydrogens is 312 g/mol. The molecule has 126 valence electrons. The quantitative estimate of drug-likeness (QED) is 0.567. The number of nitrogens with zero attached hydrogens (tertiary/aromatic N) is 1. The molecule has 0 fully saturated rings. The van der Waals surface area contributed by atoms with Gasteiger partial charge in [-0.3, -0.25) is 4.79 Å². The Balaban J connectivity index is 1.57. The molecule has 0 aliphatic rings. The summed E-state index contributed by atoms with van der Waals surface area (Å²) < 4.78 is 5.60. The number of amides is 1. The third kappa shape index (κ3) is 4.23. The smallest absolute Gasteiger partial charge is 0.277 e. The summed E-state index contributed by atoms with van der Waals surface area (Å²) in [6.45, 7) is 3.84. The fraction of sp³-hybridized carbons (Fsp3) is 0.143. The van der Waals surface area contributed by atoms with Crippen LogP contribution in [0.15, 0.2) is 65.8 Å². The molecule has 0 unspecified atom stereocenters. The van der Waals surface area contributed by atoms with Crippen molar-refractivity contribution in [3.05, 3.63) is 77.4 Å². The van der Waals surface area contributed by atoms with E-state index in [0.29, 0.717) is 0 Å². The van der Waals surface area contributed by atoms with E-state index in [1.807, 2.05) is 68.4 Å². The third-order valence-electron chi connectivity index (χ3n) is 3.93. The Morgan fingerprint density at radius 1 is 1.00 bits per heavy atom. The van der Waals surface area contributed by atoms with Crippen molar-refractivity contribution >= 4 is 22.9 Å². The van der Waals surface area contributed by atoms with Crippen molar-refractivity contribution in [2.24, 2.45) is 5.10 Å². The van der Waals surface area contributed by atoms with Gasteiger partial charge in [-0.25, -0.2) is 5.43 Å². The van der Waals surface area contributed by atoms with E-state index >= 15 is 0 Å². The molecule has 0 atom stereocenters. The number of ether oxygens (including phenoxy) is 1. The van der Waals surface area contributed by atoms with Crippen molar-refractivity contribution in [3.8, 4) is 5.75 Å². The number of hydrogen-bond donors (Lipinski definition) is 1. The van der Waals surface area contributed by atoms with E-state index in [1.165, 1.54) is 5.39 Å². The van der Waals surface area contributed by atoms with Crippen LogP contribution in [0.2, 0.25) is 0 Å². The molecular formula is C21H20N2O2. The standard InChI is InChI=1S/C21H20N2O2/c1-15-6-5-7-16(2)21(15)25-14-20(24)23-22-13-17-10-11-18-8-3-4-9-19(18)12-17/h3-13H,14H2,1-2H3,(H,23,24)/b22-13+. The Kier molecular flexibility index (Phi) is 5.09. The minimum absolute atomic E-state index is 0.0687. The number of rotatable bonds is 5. The fourth-order valence-electron chi connectivity index (χ4n) is 2.66. The Morgan fingerprint density at radius 3 is 2.48 bits per heavy atom. The second-order valence-corrected chi connectivity index (χ2v) is 5.91. The van der Waals surface area contributed by atoms with Crippen LogP contribution in [-0.2, 0) is 4.79 Å². The van der Waals surface area contributed by atoms with Crippen LogP contribution in [0.25, 0.3) is 10.8 Å². The number of aryl methyl sites for hydroxylation is 2. The molecule has 0 heterocycles. The van der Waals surface area contributed by atoms with E-state index in [-0.39, 0.29) is 12.5 Å². The fourth-order valence-corrected chi connectivity index (χ4v) is 2.66. The first-order chi connectivity index (χ1) is 12.1. The summed E-state index contributed by atoms with van der Waals surface area (Å²) in [5.41, 5.74) is 5.43. The van der Waals surface area contributed by atoms with Crippen LogP contribution >= 0.6 is 0 Å². The Bertz CT molecular complexity index is 912. The molecule has 1 N–H and O–H groups in total. The molecule has 0 aliphatic heterocycles. The number of carbonyl (C=O) groups excluding carboxylic acids is 1. The van der Waals surface area contributed by atoms with Crippen molar-refractivity contribution in [3.63, 3.8) is 0 Å². The Labute approximate surface area is 147 Å². The third-order valence-corrected chi connectivity index (χ3v) is 3.93. The summed E-state index contributed by atoms with van der Waals surface area (Å²) in [5, 5.41) is 6.31. The van der Waals surface area contributed by atoms with Crippen LogP contribution in [-0.4, -0.2) is 18.7 Å². The molecule has 0 radical (unpaired) electrons. The van der Waals surface area contributed by atoms with Gasteiger partial charge < -0.3 is 4.74 Å². The minimum atomic E-state index is -0.292. The lowest BCUT2D eigenvalue weighted by Gasteiger charge is -2.10. The van der Waals surface area contributed by atoms with Crippen LogP contribution in [0.5, 0.6) is 5.75 Å². The molecule has 3 rings (SSSR count). The number of benzene rings is 3. The lowest BCUT2D eigenvalue weighted by molar-refractivity contribution is -0.123. The number of nitrogens with one attached hydrogen (secondary N) is 1. The predicted octanol–water partition coefficient (Wildman–Crippen LogP) is 3.99. The topological polar surface area (TPSA) is 50.7 Å². The van der Waals surface area contributed by atoms with E-state index < -0.39 is 0 Å². The first kappa shape index (κ1) is 16.7. The maximum Gasteiger partial charge on any atom is 0.277 e. The number of hydrogen-bond acceptors (Lipinski definition) is 3. The van der Waals surface area contributed by atoms with E-state index in [0.717, 1.165) is 27.8 Å². The van der Waals surface area contributed by atoms with Gasteiger partial charge in [-0.2, -0.15) is 5.10 Å². The summed E-state index contributed by atoms with van der Waals surface area (Å²) in [4.78, 5) is 11.9. The summed E-state index contributed by atoms with van der Waals surface area (Å²) >= 11 is 0. The number of para-hydroxylation sites is 1. The average molecular weight is 332 g/mol. The molecule has 4 heteroatoms. The Morgan fingerprint density at radius 2 is 1.72 bits per heavy atom. The largest absolute Gasteiger partial charge is 0.483 e. The molecule has 3 aromatic carbocycles. The molecule has 0 spiro atoms. The second-order valence-electron chi connectivity index (χ2n) is 5.91. The number of carbonyl (C=O) groups is 1. The first-order valence-corrected chi connectivity index (χ1v) is 8.13. The molecule has 1 amide bonds. The van der Waals surface area contributed by atoms with Crippen molar-refractivity contribution in [1.82, 2.24) is 5.43 Å². The predicted molar refractivity (Wildman–Crippen MR) is 101 cm³/mol. The number of hydrazone groups is 1. The SMILES string of the molecule is Cc1cccc(C)c1OCC(=O)N/N=C/c1ccc2ccccc2c1. The van der Waals surface area contributed by atoms with Gasteiger partial charge in [-0.05, 0) is 47.4 Å². The number of fused-ring (bicyclic) bond motifs is 1. The average Bonchev–Trinajstić information content (AvgIpc) is 2.61.